The number of fused-ring (bicyclic) bond motifs is 1. The Labute approximate surface area is 105 Å². The first-order valence-electron chi connectivity index (χ1n) is 5.54. The molecule has 0 spiro atoms. The van der Waals surface area contributed by atoms with Gasteiger partial charge >= 0.3 is 0 Å². The van der Waals surface area contributed by atoms with Crippen molar-refractivity contribution in [1.82, 2.24) is 14.6 Å². The molecule has 2 rings (SSSR count). The second kappa shape index (κ2) is 5.14. The predicted octanol–water partition coefficient (Wildman–Crippen LogP) is 1.20. The third-order valence-corrected chi connectivity index (χ3v) is 4.17. The first-order chi connectivity index (χ1) is 8.65. The largest absolute Gasteiger partial charge is 0.273 e. The summed E-state index contributed by atoms with van der Waals surface area (Å²) in [6.45, 7) is 0. The predicted molar refractivity (Wildman–Crippen MR) is 64.5 cm³/mol. The summed E-state index contributed by atoms with van der Waals surface area (Å²) in [7, 11) is -3.44. The van der Waals surface area contributed by atoms with Gasteiger partial charge in [-0.25, -0.2) is 8.42 Å². The minimum Gasteiger partial charge on any atom is -0.273 e. The van der Waals surface area contributed by atoms with E-state index in [0.29, 0.717) is 24.9 Å². The highest BCUT2D eigenvalue weighted by Gasteiger charge is 2.20. The molecule has 0 fully saturated rings. The van der Waals surface area contributed by atoms with Crippen molar-refractivity contribution >= 4 is 15.5 Å². The summed E-state index contributed by atoms with van der Waals surface area (Å²) >= 11 is 0. The van der Waals surface area contributed by atoms with E-state index in [1.165, 1.54) is 4.40 Å². The Bertz CT molecular complexity index is 684. The summed E-state index contributed by atoms with van der Waals surface area (Å²) in [5.41, 5.74) is 0.507. The SMILES string of the molecule is N#CCCCCS(=O)(=O)c1nnc2ccccn12. The Balaban J connectivity index is 2.22. The van der Waals surface area contributed by atoms with Gasteiger partial charge in [0.25, 0.3) is 5.16 Å². The Morgan fingerprint density at radius 3 is 2.89 bits per heavy atom. The van der Waals surface area contributed by atoms with Gasteiger partial charge in [0.1, 0.15) is 0 Å². The van der Waals surface area contributed by atoms with Gasteiger partial charge in [0.15, 0.2) is 5.65 Å². The van der Waals surface area contributed by atoms with Gasteiger partial charge < -0.3 is 0 Å². The molecular formula is C11H12N4O2S. The highest BCUT2D eigenvalue weighted by molar-refractivity contribution is 7.91. The molecule has 0 saturated carbocycles. The van der Waals surface area contributed by atoms with Gasteiger partial charge in [0.2, 0.25) is 9.84 Å². The first kappa shape index (κ1) is 12.5. The molecule has 0 amide bonds. The molecule has 0 N–H and O–H groups in total. The molecule has 0 unspecified atom stereocenters. The maximum atomic E-state index is 12.1. The van der Waals surface area contributed by atoms with E-state index in [-0.39, 0.29) is 10.9 Å². The van der Waals surface area contributed by atoms with Crippen LogP contribution in [0, 0.1) is 11.3 Å². The van der Waals surface area contributed by atoms with Crippen LogP contribution < -0.4 is 0 Å². The van der Waals surface area contributed by atoms with E-state index in [9.17, 15) is 8.42 Å². The maximum Gasteiger partial charge on any atom is 0.254 e. The summed E-state index contributed by atoms with van der Waals surface area (Å²) < 4.78 is 25.6. The van der Waals surface area contributed by atoms with Crippen molar-refractivity contribution in [1.29, 1.82) is 5.26 Å². The van der Waals surface area contributed by atoms with Crippen LogP contribution in [-0.2, 0) is 9.84 Å². The van der Waals surface area contributed by atoms with Crippen molar-refractivity contribution < 1.29 is 8.42 Å². The molecule has 0 aliphatic heterocycles. The quantitative estimate of drug-likeness (QED) is 0.757. The monoisotopic (exact) mass is 264 g/mol. The molecular weight excluding hydrogens is 252 g/mol. The van der Waals surface area contributed by atoms with Gasteiger partial charge in [0.05, 0.1) is 11.8 Å². The average molecular weight is 264 g/mol. The second-order valence-corrected chi connectivity index (χ2v) is 5.85. The zero-order valence-corrected chi connectivity index (χ0v) is 10.5. The van der Waals surface area contributed by atoms with E-state index in [4.69, 9.17) is 5.26 Å². The molecule has 0 saturated heterocycles. The number of nitriles is 1. The van der Waals surface area contributed by atoms with Crippen LogP contribution in [0.1, 0.15) is 19.3 Å². The molecule has 2 heterocycles. The van der Waals surface area contributed by atoms with Crippen molar-refractivity contribution in [3.05, 3.63) is 24.4 Å². The van der Waals surface area contributed by atoms with Crippen LogP contribution in [0.2, 0.25) is 0 Å². The van der Waals surface area contributed by atoms with Crippen LogP contribution in [-0.4, -0.2) is 28.8 Å². The molecule has 0 atom stereocenters. The number of sulfone groups is 1. The zero-order valence-electron chi connectivity index (χ0n) is 9.65. The summed E-state index contributed by atoms with van der Waals surface area (Å²) in [6, 6.07) is 7.18. The Morgan fingerprint density at radius 1 is 1.28 bits per heavy atom. The molecule has 0 aliphatic carbocycles. The molecule has 7 heteroatoms. The average Bonchev–Trinajstić information content (AvgIpc) is 2.79. The summed E-state index contributed by atoms with van der Waals surface area (Å²) in [6.07, 6.45) is 3.03. The lowest BCUT2D eigenvalue weighted by Crippen LogP contribution is -2.11. The van der Waals surface area contributed by atoms with Gasteiger partial charge in [-0.15, -0.1) is 10.2 Å². The van der Waals surface area contributed by atoms with E-state index < -0.39 is 9.84 Å². The molecule has 94 valence electrons. The van der Waals surface area contributed by atoms with E-state index in [1.807, 2.05) is 6.07 Å². The molecule has 2 aromatic rings. The van der Waals surface area contributed by atoms with Crippen molar-refractivity contribution in [3.63, 3.8) is 0 Å². The fraction of sp³-hybridized carbons (Fsp3) is 0.364. The third-order valence-electron chi connectivity index (χ3n) is 2.51. The fourth-order valence-electron chi connectivity index (χ4n) is 1.62. The highest BCUT2D eigenvalue weighted by Crippen LogP contribution is 2.12. The number of unbranched alkanes of at least 4 members (excludes halogenated alkanes) is 2. The Hall–Kier alpha value is -1.94. The highest BCUT2D eigenvalue weighted by atomic mass is 32.2. The van der Waals surface area contributed by atoms with Gasteiger partial charge in [-0.2, -0.15) is 5.26 Å². The third kappa shape index (κ3) is 2.49. The fourth-order valence-corrected chi connectivity index (χ4v) is 3.01. The molecule has 0 bridgehead atoms. The lowest BCUT2D eigenvalue weighted by atomic mass is 10.3. The van der Waals surface area contributed by atoms with E-state index in [0.717, 1.165) is 0 Å². The second-order valence-electron chi connectivity index (χ2n) is 3.85. The van der Waals surface area contributed by atoms with Crippen molar-refractivity contribution in [2.75, 3.05) is 5.75 Å². The normalized spacial score (nSPS) is 11.5. The maximum absolute atomic E-state index is 12.1. The number of hydrogen-bond acceptors (Lipinski definition) is 5. The number of nitrogens with zero attached hydrogens (tertiary/aromatic N) is 4. The number of aromatic nitrogens is 3. The van der Waals surface area contributed by atoms with Gasteiger partial charge in [-0.05, 0) is 25.0 Å². The number of pyridine rings is 1. The van der Waals surface area contributed by atoms with Gasteiger partial charge in [0, 0.05) is 12.6 Å². The molecule has 6 nitrogen and oxygen atoms in total. The van der Waals surface area contributed by atoms with Crippen LogP contribution in [0.3, 0.4) is 0 Å². The summed E-state index contributed by atoms with van der Waals surface area (Å²) in [5.74, 6) is -0.00956. The van der Waals surface area contributed by atoms with Crippen molar-refractivity contribution in [2.45, 2.75) is 24.4 Å². The van der Waals surface area contributed by atoms with Crippen LogP contribution >= 0.6 is 0 Å². The van der Waals surface area contributed by atoms with Gasteiger partial charge in [-0.3, -0.25) is 4.40 Å². The topological polar surface area (TPSA) is 88.1 Å². The van der Waals surface area contributed by atoms with Crippen LogP contribution in [0.15, 0.2) is 29.6 Å². The molecule has 0 aliphatic rings. The lowest BCUT2D eigenvalue weighted by Gasteiger charge is -2.01. The standard InChI is InChI=1S/C11H12N4O2S/c12-7-3-1-5-9-18(16,17)11-14-13-10-6-2-4-8-15(10)11/h2,4,6,8H,1,3,5,9H2. The van der Waals surface area contributed by atoms with Crippen molar-refractivity contribution in [3.8, 4) is 6.07 Å². The molecule has 0 aromatic carbocycles. The lowest BCUT2D eigenvalue weighted by molar-refractivity contribution is 0.581. The van der Waals surface area contributed by atoms with E-state index in [2.05, 4.69) is 10.2 Å². The summed E-state index contributed by atoms with van der Waals surface area (Å²) in [5, 5.41) is 15.9. The molecule has 18 heavy (non-hydrogen) atoms. The smallest absolute Gasteiger partial charge is 0.254 e. The van der Waals surface area contributed by atoms with Crippen LogP contribution in [0.4, 0.5) is 0 Å². The Kier molecular flexibility index (Phi) is 3.58. The van der Waals surface area contributed by atoms with E-state index >= 15 is 0 Å². The number of rotatable bonds is 5. The molecule has 2 aromatic heterocycles. The number of hydrogen-bond donors (Lipinski definition) is 0. The Morgan fingerprint density at radius 2 is 2.11 bits per heavy atom. The minimum atomic E-state index is -3.44. The minimum absolute atomic E-state index is 0.00956. The summed E-state index contributed by atoms with van der Waals surface area (Å²) in [4.78, 5) is 0. The van der Waals surface area contributed by atoms with E-state index in [1.54, 1.807) is 24.4 Å². The zero-order chi connectivity index (χ0) is 13.0. The van der Waals surface area contributed by atoms with Crippen LogP contribution in [0.5, 0.6) is 0 Å². The molecule has 0 radical (unpaired) electrons. The van der Waals surface area contributed by atoms with Crippen LogP contribution in [0.25, 0.3) is 5.65 Å². The first-order valence-corrected chi connectivity index (χ1v) is 7.20. The van der Waals surface area contributed by atoms with Crippen molar-refractivity contribution in [2.24, 2.45) is 0 Å². The van der Waals surface area contributed by atoms with Gasteiger partial charge in [-0.1, -0.05) is 6.07 Å².